The van der Waals surface area contributed by atoms with Crippen LogP contribution in [0.15, 0.2) is 18.5 Å². The van der Waals surface area contributed by atoms with Crippen LogP contribution in [0.25, 0.3) is 0 Å². The van der Waals surface area contributed by atoms with Gasteiger partial charge in [-0.25, -0.2) is 0 Å². The number of carbonyl (C=O) groups is 2. The van der Waals surface area contributed by atoms with Gasteiger partial charge in [0.05, 0.1) is 5.41 Å². The number of amides is 1. The zero-order valence-corrected chi connectivity index (χ0v) is 11.2. The van der Waals surface area contributed by atoms with Gasteiger partial charge in [0, 0.05) is 25.5 Å². The molecule has 0 saturated carbocycles. The molecule has 0 radical (unpaired) electrons. The summed E-state index contributed by atoms with van der Waals surface area (Å²) in [5, 5.41) is 13.2. The maximum atomic E-state index is 12.3. The van der Waals surface area contributed by atoms with Crippen molar-refractivity contribution < 1.29 is 14.7 Å². The maximum Gasteiger partial charge on any atom is 0.309 e. The lowest BCUT2D eigenvalue weighted by molar-refractivity contribution is -0.153. The van der Waals surface area contributed by atoms with E-state index in [9.17, 15) is 9.59 Å². The number of carboxylic acids is 1. The average molecular weight is 265 g/mol. The van der Waals surface area contributed by atoms with Gasteiger partial charge in [-0.2, -0.15) is 5.10 Å². The fourth-order valence-electron chi connectivity index (χ4n) is 2.32. The van der Waals surface area contributed by atoms with E-state index in [-0.39, 0.29) is 11.9 Å². The molecule has 1 fully saturated rings. The molecule has 1 N–H and O–H groups in total. The Morgan fingerprint density at radius 2 is 2.00 bits per heavy atom. The first kappa shape index (κ1) is 13.6. The molecular formula is C13H19N3O3. The standard InChI is InChI=1S/C13H19N3O3/c1-10(16-7-3-6-14-16)11(17)15-8-4-13(2,5-9-15)12(18)19/h3,6-7,10H,4-5,8-9H2,1-2H3,(H,18,19). The van der Waals surface area contributed by atoms with Gasteiger partial charge in [0.1, 0.15) is 6.04 Å². The Balaban J connectivity index is 1.98. The minimum atomic E-state index is -0.778. The van der Waals surface area contributed by atoms with Crippen LogP contribution in [0.2, 0.25) is 0 Å². The number of hydrogen-bond acceptors (Lipinski definition) is 3. The van der Waals surface area contributed by atoms with Crippen LogP contribution in [0, 0.1) is 5.41 Å². The topological polar surface area (TPSA) is 75.4 Å². The highest BCUT2D eigenvalue weighted by Gasteiger charge is 2.38. The molecule has 1 saturated heterocycles. The molecule has 19 heavy (non-hydrogen) atoms. The molecule has 0 spiro atoms. The smallest absolute Gasteiger partial charge is 0.309 e. The quantitative estimate of drug-likeness (QED) is 0.889. The van der Waals surface area contributed by atoms with Gasteiger partial charge < -0.3 is 10.0 Å². The number of carbonyl (C=O) groups excluding carboxylic acids is 1. The van der Waals surface area contributed by atoms with Gasteiger partial charge in [0.15, 0.2) is 0 Å². The Morgan fingerprint density at radius 3 is 2.47 bits per heavy atom. The summed E-state index contributed by atoms with van der Waals surface area (Å²) in [6, 6.07) is 1.44. The molecule has 6 heteroatoms. The number of likely N-dealkylation sites (tertiary alicyclic amines) is 1. The molecule has 1 atom stereocenters. The number of piperidine rings is 1. The van der Waals surface area contributed by atoms with Crippen molar-refractivity contribution in [2.75, 3.05) is 13.1 Å². The molecule has 1 aliphatic heterocycles. The molecule has 1 amide bonds. The first-order chi connectivity index (χ1) is 8.94. The molecule has 2 rings (SSSR count). The average Bonchev–Trinajstić information content (AvgIpc) is 2.91. The van der Waals surface area contributed by atoms with E-state index in [2.05, 4.69) is 5.10 Å². The van der Waals surface area contributed by atoms with E-state index < -0.39 is 11.4 Å². The molecule has 1 unspecified atom stereocenters. The second kappa shape index (κ2) is 5.03. The predicted octanol–water partition coefficient (Wildman–Crippen LogP) is 1.16. The zero-order chi connectivity index (χ0) is 14.0. The summed E-state index contributed by atoms with van der Waals surface area (Å²) in [4.78, 5) is 25.2. The number of nitrogens with zero attached hydrogens (tertiary/aromatic N) is 3. The Labute approximate surface area is 112 Å². The van der Waals surface area contributed by atoms with Gasteiger partial charge in [-0.1, -0.05) is 0 Å². The third kappa shape index (κ3) is 2.62. The predicted molar refractivity (Wildman–Crippen MR) is 68.5 cm³/mol. The molecule has 6 nitrogen and oxygen atoms in total. The van der Waals surface area contributed by atoms with E-state index in [0.717, 1.165) is 0 Å². The highest BCUT2D eigenvalue weighted by atomic mass is 16.4. The summed E-state index contributed by atoms with van der Waals surface area (Å²) in [6.45, 7) is 4.54. The van der Waals surface area contributed by atoms with Crippen molar-refractivity contribution in [2.45, 2.75) is 32.7 Å². The van der Waals surface area contributed by atoms with Gasteiger partial charge in [-0.3, -0.25) is 14.3 Å². The molecule has 1 aliphatic rings. The summed E-state index contributed by atoms with van der Waals surface area (Å²) < 4.78 is 1.62. The second-order valence-electron chi connectivity index (χ2n) is 5.35. The van der Waals surface area contributed by atoms with E-state index in [0.29, 0.717) is 25.9 Å². The van der Waals surface area contributed by atoms with Gasteiger partial charge in [-0.15, -0.1) is 0 Å². The van der Waals surface area contributed by atoms with E-state index >= 15 is 0 Å². The second-order valence-corrected chi connectivity index (χ2v) is 5.35. The van der Waals surface area contributed by atoms with Crippen LogP contribution >= 0.6 is 0 Å². The first-order valence-corrected chi connectivity index (χ1v) is 6.45. The van der Waals surface area contributed by atoms with Crippen LogP contribution in [-0.4, -0.2) is 44.8 Å². The fraction of sp³-hybridized carbons (Fsp3) is 0.615. The summed E-state index contributed by atoms with van der Waals surface area (Å²) in [5.41, 5.74) is -0.703. The highest BCUT2D eigenvalue weighted by Crippen LogP contribution is 2.31. The number of aliphatic carboxylic acids is 1. The van der Waals surface area contributed by atoms with Gasteiger partial charge in [-0.05, 0) is 32.8 Å². The molecule has 0 aromatic carbocycles. The van der Waals surface area contributed by atoms with Gasteiger partial charge >= 0.3 is 5.97 Å². The van der Waals surface area contributed by atoms with Crippen LogP contribution in [0.4, 0.5) is 0 Å². The van der Waals surface area contributed by atoms with E-state index in [4.69, 9.17) is 5.11 Å². The Hall–Kier alpha value is -1.85. The van der Waals surface area contributed by atoms with Crippen LogP contribution < -0.4 is 0 Å². The minimum absolute atomic E-state index is 0.00358. The minimum Gasteiger partial charge on any atom is -0.481 e. The maximum absolute atomic E-state index is 12.3. The Morgan fingerprint density at radius 1 is 1.37 bits per heavy atom. The Bertz CT molecular complexity index is 461. The van der Waals surface area contributed by atoms with Crippen LogP contribution in [-0.2, 0) is 9.59 Å². The zero-order valence-electron chi connectivity index (χ0n) is 11.2. The molecule has 0 aliphatic carbocycles. The molecule has 1 aromatic rings. The van der Waals surface area contributed by atoms with Crippen LogP contribution in [0.3, 0.4) is 0 Å². The number of rotatable bonds is 3. The molecule has 2 heterocycles. The van der Waals surface area contributed by atoms with Crippen molar-refractivity contribution >= 4 is 11.9 Å². The van der Waals surface area contributed by atoms with E-state index in [1.807, 2.05) is 0 Å². The SMILES string of the molecule is CC(C(=O)N1CCC(C)(C(=O)O)CC1)n1cccn1. The normalized spacial score (nSPS) is 20.0. The fourth-order valence-corrected chi connectivity index (χ4v) is 2.32. The summed E-state index contributed by atoms with van der Waals surface area (Å²) in [7, 11) is 0. The van der Waals surface area contributed by atoms with Gasteiger partial charge in [0.25, 0.3) is 0 Å². The van der Waals surface area contributed by atoms with Crippen molar-refractivity contribution in [1.29, 1.82) is 0 Å². The highest BCUT2D eigenvalue weighted by molar-refractivity contribution is 5.81. The number of aromatic nitrogens is 2. The van der Waals surface area contributed by atoms with Crippen LogP contribution in [0.5, 0.6) is 0 Å². The van der Waals surface area contributed by atoms with Crippen molar-refractivity contribution in [1.82, 2.24) is 14.7 Å². The lowest BCUT2D eigenvalue weighted by Gasteiger charge is -2.37. The summed E-state index contributed by atoms with van der Waals surface area (Å²) in [5.74, 6) is -0.782. The molecule has 0 bridgehead atoms. The van der Waals surface area contributed by atoms with Crippen molar-refractivity contribution in [3.05, 3.63) is 18.5 Å². The van der Waals surface area contributed by atoms with E-state index in [1.165, 1.54) is 0 Å². The Kier molecular flexibility index (Phi) is 3.59. The number of carboxylic acid groups (broad SMARTS) is 1. The van der Waals surface area contributed by atoms with Crippen molar-refractivity contribution in [3.63, 3.8) is 0 Å². The lowest BCUT2D eigenvalue weighted by atomic mass is 9.80. The monoisotopic (exact) mass is 265 g/mol. The van der Waals surface area contributed by atoms with Gasteiger partial charge in [0.2, 0.25) is 5.91 Å². The lowest BCUT2D eigenvalue weighted by Crippen LogP contribution is -2.47. The van der Waals surface area contributed by atoms with E-state index in [1.54, 1.807) is 41.9 Å². The number of hydrogen-bond donors (Lipinski definition) is 1. The molecule has 1 aromatic heterocycles. The first-order valence-electron chi connectivity index (χ1n) is 6.45. The molecule has 104 valence electrons. The summed E-state index contributed by atoms with van der Waals surface area (Å²) in [6.07, 6.45) is 4.40. The van der Waals surface area contributed by atoms with Crippen LogP contribution in [0.1, 0.15) is 32.7 Å². The largest absolute Gasteiger partial charge is 0.481 e. The third-order valence-electron chi connectivity index (χ3n) is 3.97. The van der Waals surface area contributed by atoms with Crippen molar-refractivity contribution in [2.24, 2.45) is 5.41 Å². The third-order valence-corrected chi connectivity index (χ3v) is 3.97. The van der Waals surface area contributed by atoms with Crippen molar-refractivity contribution in [3.8, 4) is 0 Å². The molecular weight excluding hydrogens is 246 g/mol. The summed E-state index contributed by atoms with van der Waals surface area (Å²) >= 11 is 0.